The highest BCUT2D eigenvalue weighted by Gasteiger charge is 2.12. The maximum Gasteiger partial charge on any atom is 0.250 e. The molecule has 9 heteroatoms. The number of amides is 1. The number of hydrazone groups is 1. The number of hydrogen-bond acceptors (Lipinski definition) is 5. The molecule has 0 saturated carbocycles. The Morgan fingerprint density at radius 1 is 1.22 bits per heavy atom. The molecule has 0 bridgehead atoms. The monoisotopic (exact) mass is 403 g/mol. The Balaban J connectivity index is 1.54. The normalized spacial score (nSPS) is 11.1. The molecule has 3 rings (SSSR count). The van der Waals surface area contributed by atoms with Crippen LogP contribution in [0.5, 0.6) is 0 Å². The van der Waals surface area contributed by atoms with Gasteiger partial charge in [0.1, 0.15) is 5.82 Å². The first-order valence-electron chi connectivity index (χ1n) is 7.88. The van der Waals surface area contributed by atoms with Crippen LogP contribution in [0, 0.1) is 5.82 Å². The van der Waals surface area contributed by atoms with Crippen molar-refractivity contribution in [3.05, 3.63) is 64.9 Å². The summed E-state index contributed by atoms with van der Waals surface area (Å²) in [6.07, 6.45) is 1.45. The van der Waals surface area contributed by atoms with Gasteiger partial charge >= 0.3 is 0 Å². The number of halogens is 2. The topological polar surface area (TPSA) is 72.2 Å². The molecule has 0 atom stereocenters. The van der Waals surface area contributed by atoms with E-state index in [0.29, 0.717) is 21.6 Å². The van der Waals surface area contributed by atoms with E-state index in [1.54, 1.807) is 24.3 Å². The van der Waals surface area contributed by atoms with E-state index >= 15 is 0 Å². The zero-order chi connectivity index (χ0) is 19.2. The molecule has 2 aromatic carbocycles. The Bertz CT molecular complexity index is 957. The Labute approximate surface area is 164 Å². The summed E-state index contributed by atoms with van der Waals surface area (Å²) in [5.41, 5.74) is 3.99. The molecule has 1 heterocycles. The fourth-order valence-electron chi connectivity index (χ4n) is 2.18. The molecule has 1 N–H and O–H groups in total. The van der Waals surface area contributed by atoms with E-state index in [4.69, 9.17) is 11.6 Å². The highest BCUT2D eigenvalue weighted by atomic mass is 35.5. The molecule has 0 radical (unpaired) electrons. The number of hydrogen-bond donors (Lipinski definition) is 1. The van der Waals surface area contributed by atoms with Crippen LogP contribution >= 0.6 is 23.4 Å². The van der Waals surface area contributed by atoms with Gasteiger partial charge in [-0.25, -0.2) is 9.82 Å². The lowest BCUT2D eigenvalue weighted by Gasteiger charge is -2.04. The summed E-state index contributed by atoms with van der Waals surface area (Å²) < 4.78 is 14.6. The van der Waals surface area contributed by atoms with E-state index in [9.17, 15) is 9.18 Å². The summed E-state index contributed by atoms with van der Waals surface area (Å²) in [5, 5.41) is 13.4. The average molecular weight is 404 g/mol. The second-order valence-corrected chi connectivity index (χ2v) is 6.88. The van der Waals surface area contributed by atoms with Crippen molar-refractivity contribution in [3.8, 4) is 11.4 Å². The summed E-state index contributed by atoms with van der Waals surface area (Å²) in [7, 11) is 1.83. The van der Waals surface area contributed by atoms with Gasteiger partial charge in [-0.15, -0.1) is 10.2 Å². The van der Waals surface area contributed by atoms with Gasteiger partial charge in [0.2, 0.25) is 0 Å². The third kappa shape index (κ3) is 5.15. The van der Waals surface area contributed by atoms with Gasteiger partial charge in [0.05, 0.1) is 12.0 Å². The molecule has 3 aromatic rings. The van der Waals surface area contributed by atoms with Crippen molar-refractivity contribution in [2.45, 2.75) is 5.16 Å². The van der Waals surface area contributed by atoms with Crippen LogP contribution in [0.25, 0.3) is 11.4 Å². The van der Waals surface area contributed by atoms with E-state index in [1.807, 2.05) is 23.7 Å². The lowest BCUT2D eigenvalue weighted by atomic mass is 10.2. The van der Waals surface area contributed by atoms with Gasteiger partial charge in [-0.2, -0.15) is 5.10 Å². The summed E-state index contributed by atoms with van der Waals surface area (Å²) >= 11 is 7.15. The minimum atomic E-state index is -0.325. The van der Waals surface area contributed by atoms with E-state index in [0.717, 1.165) is 5.56 Å². The zero-order valence-electron chi connectivity index (χ0n) is 14.3. The first-order chi connectivity index (χ1) is 13.0. The van der Waals surface area contributed by atoms with Crippen LogP contribution in [-0.2, 0) is 11.8 Å². The van der Waals surface area contributed by atoms with Crippen LogP contribution in [0.3, 0.4) is 0 Å². The number of rotatable bonds is 6. The highest BCUT2D eigenvalue weighted by molar-refractivity contribution is 7.99. The molecule has 0 aliphatic heterocycles. The third-order valence-corrected chi connectivity index (χ3v) is 4.81. The molecule has 138 valence electrons. The van der Waals surface area contributed by atoms with Crippen LogP contribution in [0.1, 0.15) is 5.56 Å². The van der Waals surface area contributed by atoms with E-state index in [-0.39, 0.29) is 17.5 Å². The largest absolute Gasteiger partial charge is 0.305 e. The molecule has 6 nitrogen and oxygen atoms in total. The lowest BCUT2D eigenvalue weighted by Crippen LogP contribution is -2.19. The van der Waals surface area contributed by atoms with Crippen molar-refractivity contribution in [1.82, 2.24) is 20.2 Å². The maximum absolute atomic E-state index is 12.8. The minimum absolute atomic E-state index is 0.132. The number of carbonyl (C=O) groups is 1. The van der Waals surface area contributed by atoms with Gasteiger partial charge in [0.25, 0.3) is 5.91 Å². The van der Waals surface area contributed by atoms with Gasteiger partial charge < -0.3 is 4.57 Å². The summed E-state index contributed by atoms with van der Waals surface area (Å²) in [5.74, 6) is 0.209. The quantitative estimate of drug-likeness (QED) is 0.388. The van der Waals surface area contributed by atoms with E-state index in [1.165, 1.54) is 30.1 Å². The number of nitrogens with zero attached hydrogens (tertiary/aromatic N) is 4. The zero-order valence-corrected chi connectivity index (χ0v) is 15.8. The van der Waals surface area contributed by atoms with Gasteiger partial charge in [-0.3, -0.25) is 4.79 Å². The highest BCUT2D eigenvalue weighted by Crippen LogP contribution is 2.23. The molecule has 0 aliphatic carbocycles. The van der Waals surface area contributed by atoms with Crippen molar-refractivity contribution in [1.29, 1.82) is 0 Å². The molecule has 0 saturated heterocycles. The second kappa shape index (κ2) is 8.79. The van der Waals surface area contributed by atoms with Crippen LogP contribution in [0.2, 0.25) is 5.02 Å². The fraction of sp³-hybridized carbons (Fsp3) is 0.111. The van der Waals surface area contributed by atoms with Crippen LogP contribution in [0.4, 0.5) is 4.39 Å². The SMILES string of the molecule is Cn1c(SCC(=O)N/N=C\c2ccc(F)cc2)nnc1-c1ccc(Cl)cc1. The Morgan fingerprint density at radius 3 is 2.63 bits per heavy atom. The minimum Gasteiger partial charge on any atom is -0.305 e. The number of nitrogens with one attached hydrogen (secondary N) is 1. The Hall–Kier alpha value is -2.71. The molecule has 1 amide bonds. The molecular weight excluding hydrogens is 389 g/mol. The first-order valence-corrected chi connectivity index (χ1v) is 9.25. The molecule has 0 aliphatic rings. The molecule has 0 spiro atoms. The van der Waals surface area contributed by atoms with Crippen molar-refractivity contribution in [2.75, 3.05) is 5.75 Å². The first kappa shape index (κ1) is 19.1. The average Bonchev–Trinajstić information content (AvgIpc) is 3.03. The van der Waals surface area contributed by atoms with Crippen molar-refractivity contribution in [2.24, 2.45) is 12.1 Å². The van der Waals surface area contributed by atoms with Crippen LogP contribution < -0.4 is 5.43 Å². The molecule has 0 fully saturated rings. The van der Waals surface area contributed by atoms with Gasteiger partial charge in [0.15, 0.2) is 11.0 Å². The molecule has 27 heavy (non-hydrogen) atoms. The number of benzene rings is 2. The molecule has 0 unspecified atom stereocenters. The predicted molar refractivity (Wildman–Crippen MR) is 104 cm³/mol. The number of carbonyl (C=O) groups excluding carboxylic acids is 1. The Kier molecular flexibility index (Phi) is 6.20. The lowest BCUT2D eigenvalue weighted by molar-refractivity contribution is -0.118. The standard InChI is InChI=1S/C18H15ClFN5OS/c1-25-17(13-4-6-14(19)7-5-13)23-24-18(25)27-11-16(26)22-21-10-12-2-8-15(20)9-3-12/h2-10H,11H2,1H3,(H,22,26)/b21-10-. The molecule has 1 aromatic heterocycles. The third-order valence-electron chi connectivity index (χ3n) is 3.54. The van der Waals surface area contributed by atoms with Crippen LogP contribution in [0.15, 0.2) is 58.8 Å². The van der Waals surface area contributed by atoms with Crippen molar-refractivity contribution < 1.29 is 9.18 Å². The fourth-order valence-corrected chi connectivity index (χ4v) is 3.01. The maximum atomic E-state index is 12.8. The smallest absolute Gasteiger partial charge is 0.250 e. The summed E-state index contributed by atoms with van der Waals surface area (Å²) in [6.45, 7) is 0. The molecular formula is C18H15ClFN5OS. The van der Waals surface area contributed by atoms with Gasteiger partial charge in [0, 0.05) is 17.6 Å². The van der Waals surface area contributed by atoms with Gasteiger partial charge in [-0.1, -0.05) is 35.5 Å². The van der Waals surface area contributed by atoms with Crippen molar-refractivity contribution >= 4 is 35.5 Å². The van der Waals surface area contributed by atoms with Crippen molar-refractivity contribution in [3.63, 3.8) is 0 Å². The van der Waals surface area contributed by atoms with E-state index in [2.05, 4.69) is 20.7 Å². The van der Waals surface area contributed by atoms with E-state index < -0.39 is 0 Å². The van der Waals surface area contributed by atoms with Crippen LogP contribution in [-0.4, -0.2) is 32.6 Å². The number of thioether (sulfide) groups is 1. The van der Waals surface area contributed by atoms with Gasteiger partial charge in [-0.05, 0) is 42.0 Å². The predicted octanol–water partition coefficient (Wildman–Crippen LogP) is 3.52. The number of aromatic nitrogens is 3. The summed E-state index contributed by atoms with van der Waals surface area (Å²) in [4.78, 5) is 11.9. The summed E-state index contributed by atoms with van der Waals surface area (Å²) in [6, 6.07) is 13.1. The Morgan fingerprint density at radius 2 is 1.93 bits per heavy atom. The second-order valence-electron chi connectivity index (χ2n) is 5.51.